The Kier molecular flexibility index (Phi) is 4.77. The van der Waals surface area contributed by atoms with Crippen LogP contribution < -0.4 is 5.73 Å². The van der Waals surface area contributed by atoms with E-state index in [-0.39, 0.29) is 6.04 Å². The molecule has 0 aliphatic heterocycles. The van der Waals surface area contributed by atoms with Gasteiger partial charge in [-0.25, -0.2) is 0 Å². The quantitative estimate of drug-likeness (QED) is 0.885. The summed E-state index contributed by atoms with van der Waals surface area (Å²) in [5, 5.41) is 10.1. The largest absolute Gasteiger partial charge is 0.387 e. The van der Waals surface area contributed by atoms with Crippen molar-refractivity contribution < 1.29 is 5.11 Å². The van der Waals surface area contributed by atoms with Gasteiger partial charge in [0.2, 0.25) is 0 Å². The number of nitrogens with two attached hydrogens (primary N) is 1. The third-order valence-electron chi connectivity index (χ3n) is 2.37. The summed E-state index contributed by atoms with van der Waals surface area (Å²) in [5.41, 5.74) is 6.81. The number of hydrogen-bond donors (Lipinski definition) is 2. The third-order valence-corrected chi connectivity index (χ3v) is 3.10. The molecule has 0 aliphatic carbocycles. The minimum absolute atomic E-state index is 0.205. The van der Waals surface area contributed by atoms with E-state index in [9.17, 15) is 5.11 Å². The van der Waals surface area contributed by atoms with Crippen LogP contribution in [0.5, 0.6) is 0 Å². The lowest BCUT2D eigenvalue weighted by atomic mass is 9.95. The van der Waals surface area contributed by atoms with Gasteiger partial charge in [-0.2, -0.15) is 0 Å². The third kappa shape index (κ3) is 3.59. The Labute approximate surface area is 99.6 Å². The smallest absolute Gasteiger partial charge is 0.0951 e. The predicted octanol–water partition coefficient (Wildman–Crippen LogP) is 2.86. The molecule has 84 valence electrons. The summed E-state index contributed by atoms with van der Waals surface area (Å²) < 4.78 is 0.914. The van der Waals surface area contributed by atoms with Crippen LogP contribution in [0.3, 0.4) is 0 Å². The van der Waals surface area contributed by atoms with Crippen molar-refractivity contribution in [1.82, 2.24) is 0 Å². The molecule has 0 saturated heterocycles. The van der Waals surface area contributed by atoms with Crippen LogP contribution >= 0.6 is 15.9 Å². The normalized spacial score (nSPS) is 15.3. The van der Waals surface area contributed by atoms with Gasteiger partial charge >= 0.3 is 0 Å². The minimum Gasteiger partial charge on any atom is -0.387 e. The van der Waals surface area contributed by atoms with Gasteiger partial charge in [0.15, 0.2) is 0 Å². The second-order valence-corrected chi connectivity index (χ2v) is 5.11. The predicted molar refractivity (Wildman–Crippen MR) is 66.5 cm³/mol. The molecule has 0 aliphatic rings. The highest BCUT2D eigenvalue weighted by molar-refractivity contribution is 9.10. The van der Waals surface area contributed by atoms with E-state index >= 15 is 0 Å². The topological polar surface area (TPSA) is 46.2 Å². The van der Waals surface area contributed by atoms with Crippen LogP contribution in [-0.4, -0.2) is 11.1 Å². The molecule has 0 spiro atoms. The Bertz CT molecular complexity index is 314. The maximum Gasteiger partial charge on any atom is 0.0951 e. The Morgan fingerprint density at radius 1 is 1.33 bits per heavy atom. The van der Waals surface area contributed by atoms with Crippen molar-refractivity contribution in [1.29, 1.82) is 0 Å². The van der Waals surface area contributed by atoms with Crippen LogP contribution in [-0.2, 0) is 0 Å². The molecule has 0 heterocycles. The number of aliphatic hydroxyl groups is 1. The molecule has 0 radical (unpaired) electrons. The molecule has 0 saturated carbocycles. The second-order valence-electron chi connectivity index (χ2n) is 4.26. The zero-order chi connectivity index (χ0) is 11.4. The highest BCUT2D eigenvalue weighted by atomic mass is 79.9. The minimum atomic E-state index is -0.594. The van der Waals surface area contributed by atoms with Gasteiger partial charge in [-0.05, 0) is 24.0 Å². The van der Waals surface area contributed by atoms with Gasteiger partial charge in [0.1, 0.15) is 0 Å². The molecule has 2 nitrogen and oxygen atoms in total. The first-order valence-corrected chi connectivity index (χ1v) is 5.99. The van der Waals surface area contributed by atoms with E-state index in [0.29, 0.717) is 5.92 Å². The van der Waals surface area contributed by atoms with Gasteiger partial charge in [0.05, 0.1) is 6.10 Å². The zero-order valence-corrected chi connectivity index (χ0v) is 10.7. The highest BCUT2D eigenvalue weighted by Crippen LogP contribution is 2.26. The second kappa shape index (κ2) is 5.64. The van der Waals surface area contributed by atoms with Gasteiger partial charge in [-0.3, -0.25) is 0 Å². The van der Waals surface area contributed by atoms with Crippen LogP contribution in [0.2, 0.25) is 0 Å². The maximum absolute atomic E-state index is 10.1. The van der Waals surface area contributed by atoms with E-state index in [1.165, 1.54) is 0 Å². The van der Waals surface area contributed by atoms with E-state index in [2.05, 4.69) is 29.8 Å². The molecular formula is C12H18BrNO. The first-order valence-electron chi connectivity index (χ1n) is 5.20. The molecule has 15 heavy (non-hydrogen) atoms. The molecule has 1 aromatic rings. The van der Waals surface area contributed by atoms with Crippen molar-refractivity contribution in [3.05, 3.63) is 34.3 Å². The molecule has 1 aromatic carbocycles. The van der Waals surface area contributed by atoms with E-state index in [0.717, 1.165) is 16.5 Å². The maximum atomic E-state index is 10.1. The van der Waals surface area contributed by atoms with Gasteiger partial charge in [-0.1, -0.05) is 48.0 Å². The molecular weight excluding hydrogens is 254 g/mol. The summed E-state index contributed by atoms with van der Waals surface area (Å²) in [4.78, 5) is 0. The van der Waals surface area contributed by atoms with Crippen LogP contribution in [0.4, 0.5) is 0 Å². The van der Waals surface area contributed by atoms with Gasteiger partial charge in [-0.15, -0.1) is 0 Å². The summed E-state index contributed by atoms with van der Waals surface area (Å²) in [6.45, 7) is 4.21. The van der Waals surface area contributed by atoms with Crippen LogP contribution in [0.15, 0.2) is 28.7 Å². The van der Waals surface area contributed by atoms with E-state index in [1.807, 2.05) is 24.3 Å². The molecule has 2 unspecified atom stereocenters. The van der Waals surface area contributed by atoms with E-state index in [1.54, 1.807) is 0 Å². The van der Waals surface area contributed by atoms with Gasteiger partial charge in [0, 0.05) is 10.5 Å². The Balaban J connectivity index is 2.76. The lowest BCUT2D eigenvalue weighted by Gasteiger charge is -2.21. The number of halogens is 1. The summed E-state index contributed by atoms with van der Waals surface area (Å²) in [7, 11) is 0. The summed E-state index contributed by atoms with van der Waals surface area (Å²) in [6, 6.07) is 7.44. The number of benzene rings is 1. The first-order chi connectivity index (χ1) is 7.02. The number of rotatable bonds is 4. The molecule has 0 amide bonds. The van der Waals surface area contributed by atoms with Crippen molar-refractivity contribution in [2.45, 2.75) is 32.4 Å². The number of aliphatic hydroxyl groups excluding tert-OH is 1. The van der Waals surface area contributed by atoms with Crippen molar-refractivity contribution in [2.24, 2.45) is 11.7 Å². The standard InChI is InChI=1S/C12H18BrNO/c1-8(2)7-11(14)12(15)9-5-3-4-6-10(9)13/h3-6,8,11-12,15H,7,14H2,1-2H3. The van der Waals surface area contributed by atoms with Crippen molar-refractivity contribution in [3.63, 3.8) is 0 Å². The van der Waals surface area contributed by atoms with E-state index in [4.69, 9.17) is 5.73 Å². The molecule has 3 N–H and O–H groups in total. The van der Waals surface area contributed by atoms with Crippen molar-refractivity contribution in [2.75, 3.05) is 0 Å². The van der Waals surface area contributed by atoms with Crippen molar-refractivity contribution >= 4 is 15.9 Å². The average molecular weight is 272 g/mol. The Morgan fingerprint density at radius 3 is 2.47 bits per heavy atom. The summed E-state index contributed by atoms with van der Waals surface area (Å²) in [5.74, 6) is 0.497. The number of hydrogen-bond acceptors (Lipinski definition) is 2. The lowest BCUT2D eigenvalue weighted by molar-refractivity contribution is 0.135. The molecule has 1 rings (SSSR count). The Morgan fingerprint density at radius 2 is 1.93 bits per heavy atom. The SMILES string of the molecule is CC(C)CC(N)C(O)c1ccccc1Br. The van der Waals surface area contributed by atoms with Crippen LogP contribution in [0, 0.1) is 5.92 Å². The van der Waals surface area contributed by atoms with Gasteiger partial charge in [0.25, 0.3) is 0 Å². The average Bonchev–Trinajstić information content (AvgIpc) is 2.16. The molecule has 3 heteroatoms. The summed E-state index contributed by atoms with van der Waals surface area (Å²) in [6.07, 6.45) is 0.227. The fourth-order valence-electron chi connectivity index (χ4n) is 1.62. The first kappa shape index (κ1) is 12.7. The molecule has 0 aromatic heterocycles. The Hall–Kier alpha value is -0.380. The monoisotopic (exact) mass is 271 g/mol. The molecule has 0 fully saturated rings. The fraction of sp³-hybridized carbons (Fsp3) is 0.500. The van der Waals surface area contributed by atoms with E-state index < -0.39 is 6.10 Å². The molecule has 2 atom stereocenters. The fourth-order valence-corrected chi connectivity index (χ4v) is 2.14. The van der Waals surface area contributed by atoms with Crippen molar-refractivity contribution in [3.8, 4) is 0 Å². The zero-order valence-electron chi connectivity index (χ0n) is 9.15. The summed E-state index contributed by atoms with van der Waals surface area (Å²) >= 11 is 3.42. The lowest BCUT2D eigenvalue weighted by Crippen LogP contribution is -2.30. The molecule has 0 bridgehead atoms. The highest BCUT2D eigenvalue weighted by Gasteiger charge is 2.19. The van der Waals surface area contributed by atoms with Crippen LogP contribution in [0.1, 0.15) is 31.9 Å². The van der Waals surface area contributed by atoms with Gasteiger partial charge < -0.3 is 10.8 Å². The van der Waals surface area contributed by atoms with Crippen LogP contribution in [0.25, 0.3) is 0 Å².